The van der Waals surface area contributed by atoms with E-state index in [9.17, 15) is 15.0 Å². The summed E-state index contributed by atoms with van der Waals surface area (Å²) in [5.74, 6) is 0.267. The monoisotopic (exact) mass is 366 g/mol. The molecular formula is C17H26N4O5. The Hall–Kier alpha value is -1.81. The second-order valence-corrected chi connectivity index (χ2v) is 7.03. The number of ether oxygens (including phenoxy) is 1. The Morgan fingerprint density at radius 2 is 2.00 bits per heavy atom. The van der Waals surface area contributed by atoms with Gasteiger partial charge in [0.15, 0.2) is 12.0 Å². The van der Waals surface area contributed by atoms with Crippen LogP contribution >= 0.6 is 0 Å². The molecule has 1 aromatic heterocycles. The molecule has 26 heavy (non-hydrogen) atoms. The maximum absolute atomic E-state index is 12.3. The van der Waals surface area contributed by atoms with Gasteiger partial charge in [0.2, 0.25) is 0 Å². The Kier molecular flexibility index (Phi) is 5.71. The summed E-state index contributed by atoms with van der Waals surface area (Å²) in [5.41, 5.74) is -0.644. The smallest absolute Gasteiger partial charge is 0.351 e. The summed E-state index contributed by atoms with van der Waals surface area (Å²) < 4.78 is 6.44. The highest BCUT2D eigenvalue weighted by Crippen LogP contribution is 2.28. The highest BCUT2D eigenvalue weighted by Gasteiger charge is 2.43. The zero-order valence-electron chi connectivity index (χ0n) is 15.0. The average molecular weight is 366 g/mol. The van der Waals surface area contributed by atoms with Gasteiger partial charge in [-0.05, 0) is 39.2 Å². The van der Waals surface area contributed by atoms with Crippen LogP contribution in [0.25, 0.3) is 0 Å². The minimum Gasteiger partial charge on any atom is -0.394 e. The van der Waals surface area contributed by atoms with Crippen LogP contribution in [-0.2, 0) is 4.74 Å². The van der Waals surface area contributed by atoms with Crippen molar-refractivity contribution in [3.8, 4) is 0 Å². The van der Waals surface area contributed by atoms with Gasteiger partial charge >= 0.3 is 5.69 Å². The molecule has 2 aliphatic heterocycles. The molecule has 9 heteroatoms. The Morgan fingerprint density at radius 3 is 2.58 bits per heavy atom. The number of hydrogen-bond donors (Lipinski definition) is 3. The molecule has 0 aliphatic carbocycles. The largest absolute Gasteiger partial charge is 0.394 e. The predicted molar refractivity (Wildman–Crippen MR) is 94.3 cm³/mol. The molecule has 0 radical (unpaired) electrons. The van der Waals surface area contributed by atoms with E-state index in [-0.39, 0.29) is 5.82 Å². The van der Waals surface area contributed by atoms with E-state index in [4.69, 9.17) is 9.84 Å². The van der Waals surface area contributed by atoms with Crippen LogP contribution in [0.3, 0.4) is 0 Å². The standard InChI is InChI=1S/C17H26N4O5/c1-10-4-3-5-11(2)21(10)9-18-13-6-7-20(17(25)19-13)16-15(24)14(23)12(8-22)26-16/h6-7,9-12,14-16,22-24H,3-5,8H2,1-2H3/t10?,11?,12-,14?,15?,16-/m1/s1. The molecule has 0 amide bonds. The molecule has 3 N–H and O–H groups in total. The van der Waals surface area contributed by atoms with Gasteiger partial charge in [-0.3, -0.25) is 4.57 Å². The zero-order valence-corrected chi connectivity index (χ0v) is 15.0. The highest BCUT2D eigenvalue weighted by atomic mass is 16.6. The predicted octanol–water partition coefficient (Wildman–Crippen LogP) is -0.222. The van der Waals surface area contributed by atoms with Gasteiger partial charge in [-0.15, -0.1) is 0 Å². The molecule has 2 aliphatic rings. The first-order valence-electron chi connectivity index (χ1n) is 8.95. The zero-order chi connectivity index (χ0) is 18.8. The normalized spacial score (nSPS) is 35.3. The number of aliphatic hydroxyl groups is 3. The third kappa shape index (κ3) is 3.66. The minimum atomic E-state index is -1.32. The van der Waals surface area contributed by atoms with Crippen LogP contribution < -0.4 is 5.69 Å². The summed E-state index contributed by atoms with van der Waals surface area (Å²) in [4.78, 5) is 22.7. The molecular weight excluding hydrogens is 340 g/mol. The first-order chi connectivity index (χ1) is 12.4. The number of aromatic nitrogens is 2. The summed E-state index contributed by atoms with van der Waals surface area (Å²) in [6, 6.07) is 2.33. The van der Waals surface area contributed by atoms with E-state index < -0.39 is 36.8 Å². The van der Waals surface area contributed by atoms with Crippen LogP contribution in [0.1, 0.15) is 39.3 Å². The van der Waals surface area contributed by atoms with Gasteiger partial charge in [0.25, 0.3) is 0 Å². The highest BCUT2D eigenvalue weighted by molar-refractivity contribution is 5.60. The van der Waals surface area contributed by atoms with Crippen LogP contribution in [0.2, 0.25) is 0 Å². The van der Waals surface area contributed by atoms with Crippen LogP contribution in [-0.4, -0.2) is 73.1 Å². The fraction of sp³-hybridized carbons (Fsp3) is 0.706. The average Bonchev–Trinajstić information content (AvgIpc) is 2.89. The molecule has 0 aromatic carbocycles. The minimum absolute atomic E-state index is 0.267. The molecule has 9 nitrogen and oxygen atoms in total. The van der Waals surface area contributed by atoms with Crippen molar-refractivity contribution in [3.05, 3.63) is 22.7 Å². The van der Waals surface area contributed by atoms with E-state index in [0.717, 1.165) is 17.4 Å². The lowest BCUT2D eigenvalue weighted by Crippen LogP contribution is -2.42. The molecule has 3 heterocycles. The summed E-state index contributed by atoms with van der Waals surface area (Å²) in [7, 11) is 0. The van der Waals surface area contributed by atoms with Crippen LogP contribution in [0, 0.1) is 0 Å². The van der Waals surface area contributed by atoms with Crippen LogP contribution in [0.4, 0.5) is 5.82 Å². The number of aliphatic hydroxyl groups excluding tert-OH is 3. The molecule has 3 rings (SSSR count). The fourth-order valence-electron chi connectivity index (χ4n) is 3.57. The Balaban J connectivity index is 1.76. The van der Waals surface area contributed by atoms with E-state index in [1.54, 1.807) is 12.4 Å². The molecule has 6 atom stereocenters. The molecule has 2 saturated heterocycles. The lowest BCUT2D eigenvalue weighted by molar-refractivity contribution is -0.0549. The first-order valence-corrected chi connectivity index (χ1v) is 8.95. The van der Waals surface area contributed by atoms with Gasteiger partial charge < -0.3 is 25.0 Å². The van der Waals surface area contributed by atoms with Crippen LogP contribution in [0.15, 0.2) is 22.1 Å². The number of hydrogen-bond acceptors (Lipinski definition) is 7. The van der Waals surface area contributed by atoms with Gasteiger partial charge in [0.1, 0.15) is 18.3 Å². The molecule has 4 unspecified atom stereocenters. The number of piperidine rings is 1. The molecule has 1 aromatic rings. The van der Waals surface area contributed by atoms with Crippen molar-refractivity contribution in [2.24, 2.45) is 4.99 Å². The summed E-state index contributed by atoms with van der Waals surface area (Å²) in [6.45, 7) is 3.84. The van der Waals surface area contributed by atoms with Crippen LogP contribution in [0.5, 0.6) is 0 Å². The second-order valence-electron chi connectivity index (χ2n) is 7.03. The Morgan fingerprint density at radius 1 is 1.31 bits per heavy atom. The summed E-state index contributed by atoms with van der Waals surface area (Å²) in [5, 5.41) is 29.0. The number of likely N-dealkylation sites (tertiary alicyclic amines) is 1. The maximum Gasteiger partial charge on any atom is 0.351 e. The number of rotatable bonds is 4. The van der Waals surface area contributed by atoms with Crippen molar-refractivity contribution in [2.75, 3.05) is 6.61 Å². The molecule has 144 valence electrons. The molecule has 0 spiro atoms. The van der Waals surface area contributed by atoms with Crippen molar-refractivity contribution < 1.29 is 20.1 Å². The van der Waals surface area contributed by atoms with Gasteiger partial charge in [-0.2, -0.15) is 4.98 Å². The van der Waals surface area contributed by atoms with Crippen molar-refractivity contribution in [1.82, 2.24) is 14.5 Å². The van der Waals surface area contributed by atoms with Gasteiger partial charge in [0, 0.05) is 18.3 Å². The fourth-order valence-corrected chi connectivity index (χ4v) is 3.57. The molecule has 0 saturated carbocycles. The summed E-state index contributed by atoms with van der Waals surface area (Å²) >= 11 is 0. The van der Waals surface area contributed by atoms with Crippen molar-refractivity contribution in [1.29, 1.82) is 0 Å². The van der Waals surface area contributed by atoms with E-state index in [0.29, 0.717) is 12.1 Å². The maximum atomic E-state index is 12.3. The van der Waals surface area contributed by atoms with E-state index in [2.05, 4.69) is 28.7 Å². The number of aliphatic imine (C=N–C) groups is 1. The Bertz CT molecular complexity index is 699. The van der Waals surface area contributed by atoms with Gasteiger partial charge in [-0.1, -0.05) is 0 Å². The Labute approximate surface area is 151 Å². The van der Waals surface area contributed by atoms with E-state index in [1.165, 1.54) is 12.6 Å². The van der Waals surface area contributed by atoms with Crippen molar-refractivity contribution >= 4 is 12.2 Å². The van der Waals surface area contributed by atoms with Crippen molar-refractivity contribution in [3.63, 3.8) is 0 Å². The quantitative estimate of drug-likeness (QED) is 0.497. The molecule has 0 bridgehead atoms. The SMILES string of the molecule is CC1CCCC(C)N1C=Nc1ccn([C@@H]2O[C@H](CO)C(O)C2O)c(=O)n1. The molecule has 2 fully saturated rings. The van der Waals surface area contributed by atoms with Gasteiger partial charge in [-0.25, -0.2) is 9.79 Å². The van der Waals surface area contributed by atoms with E-state index >= 15 is 0 Å². The third-order valence-electron chi connectivity index (χ3n) is 5.19. The lowest BCUT2D eigenvalue weighted by atomic mass is 9.98. The van der Waals surface area contributed by atoms with Gasteiger partial charge in [0.05, 0.1) is 12.9 Å². The van der Waals surface area contributed by atoms with Crippen molar-refractivity contribution in [2.45, 2.75) is 69.7 Å². The lowest BCUT2D eigenvalue weighted by Gasteiger charge is -2.37. The third-order valence-corrected chi connectivity index (χ3v) is 5.19. The van der Waals surface area contributed by atoms with E-state index in [1.807, 2.05) is 0 Å². The number of nitrogens with zero attached hydrogens (tertiary/aromatic N) is 4. The first kappa shape index (κ1) is 19.0. The second kappa shape index (κ2) is 7.83. The summed E-state index contributed by atoms with van der Waals surface area (Å²) in [6.07, 6.45) is 1.94. The topological polar surface area (TPSA) is 120 Å².